The zero-order valence-corrected chi connectivity index (χ0v) is 11.1. The quantitative estimate of drug-likeness (QED) is 0.294. The van der Waals surface area contributed by atoms with E-state index in [-0.39, 0.29) is 32.0 Å². The van der Waals surface area contributed by atoms with Gasteiger partial charge in [-0.3, -0.25) is 0 Å². The molecular weight excluding hydrogens is 244 g/mol. The average molecular weight is 268 g/mol. The summed E-state index contributed by atoms with van der Waals surface area (Å²) in [7, 11) is 1.38. The lowest BCUT2D eigenvalue weighted by atomic mass is 10.4. The Morgan fingerprint density at radius 2 is 1.78 bits per heavy atom. The van der Waals surface area contributed by atoms with Gasteiger partial charge in [0.2, 0.25) is 0 Å². The van der Waals surface area contributed by atoms with Crippen LogP contribution >= 0.6 is 0 Å². The lowest BCUT2D eigenvalue weighted by Gasteiger charge is -2.06. The smallest absolute Gasteiger partial charge is 0.330 e. The van der Waals surface area contributed by atoms with Crippen LogP contribution < -0.4 is 0 Å². The van der Waals surface area contributed by atoms with E-state index < -0.39 is 12.3 Å². The van der Waals surface area contributed by atoms with Gasteiger partial charge in [-0.15, -0.1) is 0 Å². The van der Waals surface area contributed by atoms with Crippen LogP contribution in [0.3, 0.4) is 0 Å². The molecule has 1 unspecified atom stereocenters. The summed E-state index contributed by atoms with van der Waals surface area (Å²) in [5.74, 6) is -0.935. The number of rotatable bonds is 6. The van der Waals surface area contributed by atoms with Crippen LogP contribution in [0, 0.1) is 0 Å². The Hall–Kier alpha value is -0.990. The minimum absolute atomic E-state index is 0.0313. The van der Waals surface area contributed by atoms with E-state index in [1.54, 1.807) is 6.92 Å². The molecule has 0 saturated carbocycles. The Labute approximate surface area is 107 Å². The van der Waals surface area contributed by atoms with Gasteiger partial charge in [0.15, 0.2) is 6.29 Å². The molecule has 0 spiro atoms. The molecule has 0 aromatic heterocycles. The third kappa shape index (κ3) is 29.4. The first-order valence-corrected chi connectivity index (χ1v) is 5.26. The predicted octanol–water partition coefficient (Wildman–Crippen LogP) is -0.394. The molecule has 0 aliphatic heterocycles. The van der Waals surface area contributed by atoms with E-state index >= 15 is 0 Å². The number of methoxy groups -OCH3 is 1. The molecule has 0 saturated heterocycles. The van der Waals surface area contributed by atoms with Crippen LogP contribution in [-0.2, 0) is 14.3 Å². The first kappa shape index (κ1) is 22.2. The highest BCUT2D eigenvalue weighted by atomic mass is 16.6. The normalized spacial score (nSPS) is 10.3. The maximum absolute atomic E-state index is 9.60. The monoisotopic (exact) mass is 268 g/mol. The summed E-state index contributed by atoms with van der Waals surface area (Å²) < 4.78 is 9.16. The zero-order valence-electron chi connectivity index (χ0n) is 11.1. The van der Waals surface area contributed by atoms with Crippen LogP contribution in [0.2, 0.25) is 0 Å². The van der Waals surface area contributed by atoms with Crippen LogP contribution in [0.25, 0.3) is 0 Å². The van der Waals surface area contributed by atoms with Crippen molar-refractivity contribution in [1.82, 2.24) is 0 Å². The second-order valence-corrected chi connectivity index (χ2v) is 2.89. The van der Waals surface area contributed by atoms with E-state index in [2.05, 4.69) is 11.3 Å². The van der Waals surface area contributed by atoms with Crippen molar-refractivity contribution < 1.29 is 34.7 Å². The minimum Gasteiger partial charge on any atom is -0.478 e. The van der Waals surface area contributed by atoms with Crippen molar-refractivity contribution in [3.8, 4) is 0 Å². The molecule has 0 aromatic carbocycles. The minimum atomic E-state index is -0.935. The fourth-order valence-electron chi connectivity index (χ4n) is 0.317. The number of hydrogen-bond donors (Lipinski definition) is 4. The number of aliphatic carboxylic acids is 1. The second kappa shape index (κ2) is 18.4. The third-order valence-corrected chi connectivity index (χ3v) is 1.13. The molecule has 0 aromatic rings. The van der Waals surface area contributed by atoms with E-state index in [1.165, 1.54) is 14.0 Å². The Bertz CT molecular complexity index is 182. The number of aliphatic hydroxyl groups is 3. The van der Waals surface area contributed by atoms with Crippen molar-refractivity contribution in [1.29, 1.82) is 0 Å². The van der Waals surface area contributed by atoms with Gasteiger partial charge in [0.1, 0.15) is 0 Å². The first-order chi connectivity index (χ1) is 8.37. The second-order valence-electron chi connectivity index (χ2n) is 2.89. The summed E-state index contributed by atoms with van der Waals surface area (Å²) in [6.07, 6.45) is -0.878. The Balaban J connectivity index is -0.000000216. The molecule has 0 rings (SSSR count). The molecule has 0 amide bonds. The zero-order chi connectivity index (χ0) is 15.0. The van der Waals surface area contributed by atoms with Crippen molar-refractivity contribution in [2.75, 3.05) is 33.5 Å². The van der Waals surface area contributed by atoms with E-state index in [0.717, 1.165) is 0 Å². The fourth-order valence-corrected chi connectivity index (χ4v) is 0.317. The summed E-state index contributed by atoms with van der Waals surface area (Å²) in [6, 6.07) is 0. The van der Waals surface area contributed by atoms with Crippen molar-refractivity contribution >= 4 is 5.97 Å². The summed E-state index contributed by atoms with van der Waals surface area (Å²) in [5.41, 5.74) is 0.176. The molecular formula is C11H24O7. The average Bonchev–Trinajstić information content (AvgIpc) is 2.30. The largest absolute Gasteiger partial charge is 0.478 e. The van der Waals surface area contributed by atoms with Crippen LogP contribution in [-0.4, -0.2) is 66.2 Å². The highest BCUT2D eigenvalue weighted by Gasteiger charge is 1.98. The van der Waals surface area contributed by atoms with Gasteiger partial charge in [0, 0.05) is 19.3 Å². The lowest BCUT2D eigenvalue weighted by molar-refractivity contribution is -0.132. The maximum atomic E-state index is 9.60. The molecule has 7 heteroatoms. The lowest BCUT2D eigenvalue weighted by Crippen LogP contribution is -2.18. The SMILES string of the molecule is C=C(C)C(=O)O.CCO.COC(O)COCCO. The third-order valence-electron chi connectivity index (χ3n) is 1.13. The van der Waals surface area contributed by atoms with Crippen molar-refractivity contribution in [2.45, 2.75) is 20.1 Å². The molecule has 7 nitrogen and oxygen atoms in total. The van der Waals surface area contributed by atoms with Crippen LogP contribution in [0.1, 0.15) is 13.8 Å². The number of carboxylic acids is 1. The van der Waals surface area contributed by atoms with Gasteiger partial charge in [0.05, 0.1) is 19.8 Å². The molecule has 4 N–H and O–H groups in total. The van der Waals surface area contributed by atoms with Crippen LogP contribution in [0.4, 0.5) is 0 Å². The molecule has 0 fully saturated rings. The summed E-state index contributed by atoms with van der Waals surface area (Å²) in [4.78, 5) is 9.60. The molecule has 0 aliphatic rings. The van der Waals surface area contributed by atoms with Crippen LogP contribution in [0.15, 0.2) is 12.2 Å². The first-order valence-electron chi connectivity index (χ1n) is 5.26. The van der Waals surface area contributed by atoms with Gasteiger partial charge < -0.3 is 29.9 Å². The number of ether oxygens (including phenoxy) is 2. The Morgan fingerprint density at radius 1 is 1.39 bits per heavy atom. The summed E-state index contributed by atoms with van der Waals surface area (Å²) in [5, 5.41) is 32.3. The Kier molecular flexibility index (Phi) is 22.7. The van der Waals surface area contributed by atoms with Gasteiger partial charge in [-0.2, -0.15) is 0 Å². The predicted molar refractivity (Wildman–Crippen MR) is 66.1 cm³/mol. The van der Waals surface area contributed by atoms with Gasteiger partial charge in [-0.25, -0.2) is 4.79 Å². The Morgan fingerprint density at radius 3 is 2.00 bits per heavy atom. The van der Waals surface area contributed by atoms with Crippen molar-refractivity contribution in [3.63, 3.8) is 0 Å². The van der Waals surface area contributed by atoms with Crippen LogP contribution in [0.5, 0.6) is 0 Å². The molecule has 110 valence electrons. The number of aliphatic hydroxyl groups excluding tert-OH is 3. The molecule has 0 radical (unpaired) electrons. The fraction of sp³-hybridized carbons (Fsp3) is 0.727. The molecule has 0 aliphatic carbocycles. The van der Waals surface area contributed by atoms with Gasteiger partial charge >= 0.3 is 5.97 Å². The molecule has 18 heavy (non-hydrogen) atoms. The number of carbonyl (C=O) groups is 1. The molecule has 1 atom stereocenters. The summed E-state index contributed by atoms with van der Waals surface area (Å²) >= 11 is 0. The van der Waals surface area contributed by atoms with Gasteiger partial charge in [-0.05, 0) is 13.8 Å². The highest BCUT2D eigenvalue weighted by molar-refractivity contribution is 5.84. The van der Waals surface area contributed by atoms with E-state index in [0.29, 0.717) is 0 Å². The standard InChI is InChI=1S/C5H12O4.C4H6O2.C2H6O/c1-8-5(7)4-9-3-2-6;1-3(2)4(5)6;1-2-3/h5-7H,2-4H2,1H3;1H2,2H3,(H,5,6);3H,2H2,1H3. The van der Waals surface area contributed by atoms with Gasteiger partial charge in [0.25, 0.3) is 0 Å². The van der Waals surface area contributed by atoms with E-state index in [4.69, 9.17) is 25.2 Å². The maximum Gasteiger partial charge on any atom is 0.330 e. The molecule has 0 bridgehead atoms. The summed E-state index contributed by atoms with van der Waals surface area (Å²) in [6.45, 7) is 6.85. The number of hydrogen-bond acceptors (Lipinski definition) is 6. The van der Waals surface area contributed by atoms with Crippen molar-refractivity contribution in [2.24, 2.45) is 0 Å². The highest BCUT2D eigenvalue weighted by Crippen LogP contribution is 1.83. The van der Waals surface area contributed by atoms with E-state index in [9.17, 15) is 4.79 Å². The van der Waals surface area contributed by atoms with Crippen molar-refractivity contribution in [3.05, 3.63) is 12.2 Å². The topological polar surface area (TPSA) is 116 Å². The molecule has 0 heterocycles. The number of carboxylic acid groups (broad SMARTS) is 1. The van der Waals surface area contributed by atoms with Gasteiger partial charge in [-0.1, -0.05) is 6.58 Å². The van der Waals surface area contributed by atoms with E-state index in [1.807, 2.05) is 0 Å².